The van der Waals surface area contributed by atoms with Crippen LogP contribution in [-0.4, -0.2) is 24.1 Å². The molecule has 1 aromatic rings. The summed E-state index contributed by atoms with van der Waals surface area (Å²) in [4.78, 5) is 22.9. The number of carbonyl (C=O) groups excluding carboxylic acids is 1. The van der Waals surface area contributed by atoms with E-state index < -0.39 is 17.8 Å². The molecule has 0 bridgehead atoms. The van der Waals surface area contributed by atoms with Crippen LogP contribution in [0.25, 0.3) is 0 Å². The number of hydrogen-bond donors (Lipinski definition) is 2. The molecule has 0 spiro atoms. The third-order valence-electron chi connectivity index (χ3n) is 3.17. The van der Waals surface area contributed by atoms with Gasteiger partial charge in [-0.25, -0.2) is 0 Å². The number of anilines is 1. The molecular weight excluding hydrogens is 246 g/mol. The Morgan fingerprint density at radius 2 is 1.89 bits per heavy atom. The van der Waals surface area contributed by atoms with Crippen molar-refractivity contribution >= 4 is 17.6 Å². The van der Waals surface area contributed by atoms with Crippen molar-refractivity contribution in [2.75, 3.05) is 12.4 Å². The summed E-state index contributed by atoms with van der Waals surface area (Å²) in [6, 6.07) is 5.42. The average molecular weight is 265 g/mol. The highest BCUT2D eigenvalue weighted by molar-refractivity contribution is 5.96. The fourth-order valence-corrected chi connectivity index (χ4v) is 1.61. The van der Waals surface area contributed by atoms with E-state index in [1.807, 2.05) is 13.0 Å². The summed E-state index contributed by atoms with van der Waals surface area (Å²) in [6.07, 6.45) is 0. The summed E-state index contributed by atoms with van der Waals surface area (Å²) in [6.45, 7) is 5.01. The Morgan fingerprint density at radius 3 is 2.42 bits per heavy atom. The van der Waals surface area contributed by atoms with Gasteiger partial charge in [0, 0.05) is 5.92 Å². The number of methoxy groups -OCH3 is 1. The van der Waals surface area contributed by atoms with Gasteiger partial charge in [-0.05, 0) is 24.6 Å². The maximum absolute atomic E-state index is 12.0. The minimum Gasteiger partial charge on any atom is -0.495 e. The van der Waals surface area contributed by atoms with Gasteiger partial charge >= 0.3 is 5.97 Å². The largest absolute Gasteiger partial charge is 0.495 e. The van der Waals surface area contributed by atoms with Gasteiger partial charge in [0.1, 0.15) is 5.75 Å². The smallest absolute Gasteiger partial charge is 0.307 e. The van der Waals surface area contributed by atoms with Crippen molar-refractivity contribution in [3.05, 3.63) is 23.8 Å². The lowest BCUT2D eigenvalue weighted by Crippen LogP contribution is -2.30. The van der Waals surface area contributed by atoms with E-state index in [2.05, 4.69) is 5.32 Å². The second-order valence-corrected chi connectivity index (χ2v) is 4.61. The van der Waals surface area contributed by atoms with Gasteiger partial charge in [0.2, 0.25) is 5.91 Å². The van der Waals surface area contributed by atoms with Gasteiger partial charge in [-0.1, -0.05) is 19.9 Å². The molecule has 0 saturated heterocycles. The first-order chi connectivity index (χ1) is 8.86. The zero-order chi connectivity index (χ0) is 14.6. The van der Waals surface area contributed by atoms with Crippen LogP contribution in [0.4, 0.5) is 5.69 Å². The van der Waals surface area contributed by atoms with Crippen LogP contribution in [0.15, 0.2) is 18.2 Å². The molecule has 1 aromatic carbocycles. The number of nitrogens with one attached hydrogen (secondary N) is 1. The summed E-state index contributed by atoms with van der Waals surface area (Å²) >= 11 is 0. The van der Waals surface area contributed by atoms with E-state index in [4.69, 9.17) is 9.84 Å². The van der Waals surface area contributed by atoms with E-state index in [0.717, 1.165) is 5.56 Å². The van der Waals surface area contributed by atoms with Crippen LogP contribution < -0.4 is 10.1 Å². The van der Waals surface area contributed by atoms with E-state index in [-0.39, 0.29) is 5.91 Å². The van der Waals surface area contributed by atoms with Gasteiger partial charge in [0.15, 0.2) is 0 Å². The molecule has 2 unspecified atom stereocenters. The van der Waals surface area contributed by atoms with Crippen LogP contribution in [0.2, 0.25) is 0 Å². The Morgan fingerprint density at radius 1 is 1.26 bits per heavy atom. The molecule has 0 radical (unpaired) electrons. The van der Waals surface area contributed by atoms with Crippen molar-refractivity contribution in [3.8, 4) is 5.75 Å². The lowest BCUT2D eigenvalue weighted by molar-refractivity contribution is -0.145. The number of benzene rings is 1. The van der Waals surface area contributed by atoms with Crippen LogP contribution in [0.3, 0.4) is 0 Å². The fourth-order valence-electron chi connectivity index (χ4n) is 1.61. The minimum absolute atomic E-state index is 0.334. The summed E-state index contributed by atoms with van der Waals surface area (Å²) in [7, 11) is 1.52. The molecular formula is C14H19NO4. The van der Waals surface area contributed by atoms with Crippen LogP contribution in [0.1, 0.15) is 19.4 Å². The first-order valence-electron chi connectivity index (χ1n) is 6.05. The van der Waals surface area contributed by atoms with E-state index in [1.165, 1.54) is 14.0 Å². The topological polar surface area (TPSA) is 75.6 Å². The molecule has 0 fully saturated rings. The monoisotopic (exact) mass is 265 g/mol. The Hall–Kier alpha value is -2.04. The summed E-state index contributed by atoms with van der Waals surface area (Å²) in [5.41, 5.74) is 1.53. The summed E-state index contributed by atoms with van der Waals surface area (Å²) in [5, 5.41) is 11.6. The summed E-state index contributed by atoms with van der Waals surface area (Å²) < 4.78 is 5.16. The predicted molar refractivity (Wildman–Crippen MR) is 72.3 cm³/mol. The number of aryl methyl sites for hydroxylation is 1. The Bertz CT molecular complexity index is 484. The van der Waals surface area contributed by atoms with E-state index >= 15 is 0 Å². The number of carboxylic acid groups (broad SMARTS) is 1. The molecule has 5 nitrogen and oxygen atoms in total. The molecule has 0 aliphatic rings. The molecule has 19 heavy (non-hydrogen) atoms. The average Bonchev–Trinajstić information content (AvgIpc) is 2.37. The van der Waals surface area contributed by atoms with Crippen LogP contribution >= 0.6 is 0 Å². The van der Waals surface area contributed by atoms with Crippen molar-refractivity contribution in [1.82, 2.24) is 0 Å². The van der Waals surface area contributed by atoms with Gasteiger partial charge < -0.3 is 15.2 Å². The van der Waals surface area contributed by atoms with E-state index in [9.17, 15) is 9.59 Å². The highest BCUT2D eigenvalue weighted by atomic mass is 16.5. The quantitative estimate of drug-likeness (QED) is 0.856. The Labute approximate surface area is 112 Å². The second kappa shape index (κ2) is 6.22. The molecule has 0 saturated carbocycles. The van der Waals surface area contributed by atoms with Crippen molar-refractivity contribution in [3.63, 3.8) is 0 Å². The van der Waals surface area contributed by atoms with Crippen molar-refractivity contribution in [2.45, 2.75) is 20.8 Å². The first kappa shape index (κ1) is 15.0. The molecule has 1 amide bonds. The summed E-state index contributed by atoms with van der Waals surface area (Å²) in [5.74, 6) is -2.13. The Balaban J connectivity index is 2.87. The number of rotatable bonds is 5. The number of carboxylic acids is 1. The lowest BCUT2D eigenvalue weighted by Gasteiger charge is -2.17. The predicted octanol–water partition coefficient (Wildman–Crippen LogP) is 2.30. The van der Waals surface area contributed by atoms with E-state index in [1.54, 1.807) is 19.1 Å². The van der Waals surface area contributed by atoms with E-state index in [0.29, 0.717) is 11.4 Å². The molecule has 0 aliphatic heterocycles. The number of ether oxygens (including phenoxy) is 1. The molecule has 0 aromatic heterocycles. The first-order valence-corrected chi connectivity index (χ1v) is 6.05. The zero-order valence-corrected chi connectivity index (χ0v) is 11.6. The normalized spacial score (nSPS) is 13.5. The molecule has 2 atom stereocenters. The third-order valence-corrected chi connectivity index (χ3v) is 3.17. The minimum atomic E-state index is -0.987. The maximum atomic E-state index is 12.0. The molecule has 0 aliphatic carbocycles. The highest BCUT2D eigenvalue weighted by Gasteiger charge is 2.26. The highest BCUT2D eigenvalue weighted by Crippen LogP contribution is 2.26. The third kappa shape index (κ3) is 3.71. The SMILES string of the molecule is COc1ccc(C)cc1NC(=O)C(C)C(C)C(=O)O. The maximum Gasteiger partial charge on any atom is 0.307 e. The number of aliphatic carboxylic acids is 1. The van der Waals surface area contributed by atoms with Crippen molar-refractivity contribution in [1.29, 1.82) is 0 Å². The van der Waals surface area contributed by atoms with Gasteiger partial charge in [-0.3, -0.25) is 9.59 Å². The standard InChI is InChI=1S/C14H19NO4/c1-8-5-6-12(19-4)11(7-8)15-13(16)9(2)10(3)14(17)18/h5-7,9-10H,1-4H3,(H,15,16)(H,17,18). The van der Waals surface area contributed by atoms with Crippen LogP contribution in [0.5, 0.6) is 5.75 Å². The van der Waals surface area contributed by atoms with Crippen molar-refractivity contribution in [2.24, 2.45) is 11.8 Å². The van der Waals surface area contributed by atoms with Gasteiger partial charge in [-0.2, -0.15) is 0 Å². The lowest BCUT2D eigenvalue weighted by atomic mass is 9.95. The number of hydrogen-bond acceptors (Lipinski definition) is 3. The molecule has 0 heterocycles. The number of amides is 1. The van der Waals surface area contributed by atoms with Crippen LogP contribution in [-0.2, 0) is 9.59 Å². The van der Waals surface area contributed by atoms with Gasteiger partial charge in [0.05, 0.1) is 18.7 Å². The molecule has 1 rings (SSSR count). The zero-order valence-electron chi connectivity index (χ0n) is 11.6. The fraction of sp³-hybridized carbons (Fsp3) is 0.429. The molecule has 2 N–H and O–H groups in total. The van der Waals surface area contributed by atoms with Crippen molar-refractivity contribution < 1.29 is 19.4 Å². The Kier molecular flexibility index (Phi) is 4.92. The second-order valence-electron chi connectivity index (χ2n) is 4.61. The van der Waals surface area contributed by atoms with Gasteiger partial charge in [0.25, 0.3) is 0 Å². The van der Waals surface area contributed by atoms with Crippen LogP contribution in [0, 0.1) is 18.8 Å². The number of carbonyl (C=O) groups is 2. The molecule has 5 heteroatoms. The molecule has 104 valence electrons. The van der Waals surface area contributed by atoms with Gasteiger partial charge in [-0.15, -0.1) is 0 Å².